The first-order chi connectivity index (χ1) is 10.1. The van der Waals surface area contributed by atoms with Crippen molar-refractivity contribution < 1.29 is 4.79 Å². The van der Waals surface area contributed by atoms with Gasteiger partial charge in [-0.2, -0.15) is 0 Å². The Morgan fingerprint density at radius 2 is 1.81 bits per heavy atom. The third kappa shape index (κ3) is 2.87. The molecule has 0 radical (unpaired) electrons. The van der Waals surface area contributed by atoms with E-state index in [1.54, 1.807) is 11.8 Å². The molecule has 108 valence electrons. The second kappa shape index (κ2) is 5.85. The Balaban J connectivity index is 2.06. The third-order valence-corrected chi connectivity index (χ3v) is 5.44. The van der Waals surface area contributed by atoms with Crippen molar-refractivity contribution in [3.05, 3.63) is 63.6 Å². The van der Waals surface area contributed by atoms with Crippen LogP contribution in [0.3, 0.4) is 0 Å². The van der Waals surface area contributed by atoms with Crippen LogP contribution < -0.4 is 4.90 Å². The van der Waals surface area contributed by atoms with E-state index in [9.17, 15) is 4.79 Å². The topological polar surface area (TPSA) is 20.3 Å². The van der Waals surface area contributed by atoms with Crippen molar-refractivity contribution in [1.82, 2.24) is 0 Å². The Morgan fingerprint density at radius 1 is 1.14 bits per heavy atom. The molecule has 21 heavy (non-hydrogen) atoms. The fourth-order valence-electron chi connectivity index (χ4n) is 2.70. The molecule has 2 nitrogen and oxygen atoms in total. The molecule has 1 atom stereocenters. The number of halogens is 1. The summed E-state index contributed by atoms with van der Waals surface area (Å²) in [6.07, 6.45) is 0. The molecule has 0 saturated carbocycles. The second-order valence-electron chi connectivity index (χ2n) is 5.29. The van der Waals surface area contributed by atoms with E-state index >= 15 is 0 Å². The van der Waals surface area contributed by atoms with E-state index in [1.807, 2.05) is 23.1 Å². The molecule has 0 aliphatic carbocycles. The zero-order valence-corrected chi connectivity index (χ0v) is 14.4. The van der Waals surface area contributed by atoms with Crippen molar-refractivity contribution in [2.45, 2.75) is 19.2 Å². The van der Waals surface area contributed by atoms with Crippen LogP contribution in [-0.4, -0.2) is 11.7 Å². The smallest absolute Gasteiger partial charge is 0.238 e. The standard InChI is InChI=1S/C17H16BrNOS/c1-11-7-12(2)9-13(8-11)19-16(20)10-21-17(19)14-5-3-4-6-15(14)18/h3-9,17H,10H2,1-2H3/t17-/m0/s1. The molecular formula is C17H16BrNOS. The molecule has 2 aromatic carbocycles. The van der Waals surface area contributed by atoms with E-state index in [-0.39, 0.29) is 11.3 Å². The summed E-state index contributed by atoms with van der Waals surface area (Å²) in [6.45, 7) is 4.13. The van der Waals surface area contributed by atoms with Crippen molar-refractivity contribution in [3.63, 3.8) is 0 Å². The SMILES string of the molecule is Cc1cc(C)cc(N2C(=O)CS[C@H]2c2ccccc2Br)c1. The Kier molecular flexibility index (Phi) is 4.09. The van der Waals surface area contributed by atoms with Gasteiger partial charge in [-0.05, 0) is 48.7 Å². The average Bonchev–Trinajstić information content (AvgIpc) is 2.80. The Morgan fingerprint density at radius 3 is 2.48 bits per heavy atom. The molecule has 1 aliphatic rings. The molecular weight excluding hydrogens is 346 g/mol. The van der Waals surface area contributed by atoms with Crippen LogP contribution in [0.2, 0.25) is 0 Å². The normalized spacial score (nSPS) is 18.3. The van der Waals surface area contributed by atoms with Crippen LogP contribution in [0.5, 0.6) is 0 Å². The van der Waals surface area contributed by atoms with Gasteiger partial charge in [0.1, 0.15) is 5.37 Å². The van der Waals surface area contributed by atoms with Gasteiger partial charge in [0.25, 0.3) is 0 Å². The molecule has 0 N–H and O–H groups in total. The number of carbonyl (C=O) groups excluding carboxylic acids is 1. The number of hydrogen-bond donors (Lipinski definition) is 0. The van der Waals surface area contributed by atoms with Crippen molar-refractivity contribution >= 4 is 39.3 Å². The van der Waals surface area contributed by atoms with Gasteiger partial charge in [-0.25, -0.2) is 0 Å². The number of anilines is 1. The molecule has 0 unspecified atom stereocenters. The van der Waals surface area contributed by atoms with Crippen LogP contribution in [0.4, 0.5) is 5.69 Å². The monoisotopic (exact) mass is 361 g/mol. The van der Waals surface area contributed by atoms with Crippen LogP contribution in [0, 0.1) is 13.8 Å². The number of aryl methyl sites for hydroxylation is 2. The fraction of sp³-hybridized carbons (Fsp3) is 0.235. The lowest BCUT2D eigenvalue weighted by Crippen LogP contribution is -2.28. The predicted octanol–water partition coefficient (Wildman–Crippen LogP) is 4.84. The number of thioether (sulfide) groups is 1. The molecule has 1 amide bonds. The number of carbonyl (C=O) groups is 1. The first-order valence-corrected chi connectivity index (χ1v) is 8.67. The molecule has 1 aliphatic heterocycles. The van der Waals surface area contributed by atoms with E-state index in [1.165, 1.54) is 11.1 Å². The fourth-order valence-corrected chi connectivity index (χ4v) is 4.56. The van der Waals surface area contributed by atoms with Crippen molar-refractivity contribution in [1.29, 1.82) is 0 Å². The quantitative estimate of drug-likeness (QED) is 0.762. The Bertz CT molecular complexity index is 681. The summed E-state index contributed by atoms with van der Waals surface area (Å²) in [7, 11) is 0. The highest BCUT2D eigenvalue weighted by molar-refractivity contribution is 9.10. The van der Waals surface area contributed by atoms with E-state index < -0.39 is 0 Å². The molecule has 0 bridgehead atoms. The number of hydrogen-bond acceptors (Lipinski definition) is 2. The molecule has 1 heterocycles. The molecule has 0 spiro atoms. The lowest BCUT2D eigenvalue weighted by Gasteiger charge is -2.25. The van der Waals surface area contributed by atoms with Crippen LogP contribution in [-0.2, 0) is 4.79 Å². The van der Waals surface area contributed by atoms with Gasteiger partial charge in [-0.1, -0.05) is 40.2 Å². The summed E-state index contributed by atoms with van der Waals surface area (Å²) in [6, 6.07) is 14.4. The molecule has 4 heteroatoms. The average molecular weight is 362 g/mol. The minimum Gasteiger partial charge on any atom is -0.295 e. The van der Waals surface area contributed by atoms with Gasteiger partial charge in [0.05, 0.1) is 5.75 Å². The molecule has 1 fully saturated rings. The summed E-state index contributed by atoms with van der Waals surface area (Å²) < 4.78 is 1.05. The molecule has 3 rings (SSSR count). The summed E-state index contributed by atoms with van der Waals surface area (Å²) in [4.78, 5) is 14.3. The molecule has 2 aromatic rings. The number of rotatable bonds is 2. The number of amides is 1. The van der Waals surface area contributed by atoms with E-state index in [0.29, 0.717) is 5.75 Å². The Hall–Kier alpha value is -1.26. The van der Waals surface area contributed by atoms with Gasteiger partial charge in [0, 0.05) is 10.2 Å². The minimum atomic E-state index is 0.0364. The van der Waals surface area contributed by atoms with Crippen LogP contribution in [0.25, 0.3) is 0 Å². The predicted molar refractivity (Wildman–Crippen MR) is 92.7 cm³/mol. The molecule has 1 saturated heterocycles. The second-order valence-corrected chi connectivity index (χ2v) is 7.22. The highest BCUT2D eigenvalue weighted by Gasteiger charge is 2.35. The van der Waals surface area contributed by atoms with Gasteiger partial charge in [0.15, 0.2) is 0 Å². The lowest BCUT2D eigenvalue weighted by atomic mass is 10.1. The highest BCUT2D eigenvalue weighted by Crippen LogP contribution is 2.44. The summed E-state index contributed by atoms with van der Waals surface area (Å²) in [5, 5.41) is 0.0364. The largest absolute Gasteiger partial charge is 0.295 e. The van der Waals surface area contributed by atoms with E-state index in [0.717, 1.165) is 15.7 Å². The zero-order valence-electron chi connectivity index (χ0n) is 12.0. The summed E-state index contributed by atoms with van der Waals surface area (Å²) in [5.41, 5.74) is 4.50. The van der Waals surface area contributed by atoms with Gasteiger partial charge in [0.2, 0.25) is 5.91 Å². The van der Waals surface area contributed by atoms with Gasteiger partial charge < -0.3 is 0 Å². The summed E-state index contributed by atoms with van der Waals surface area (Å²) >= 11 is 5.28. The maximum absolute atomic E-state index is 12.4. The van der Waals surface area contributed by atoms with Crippen LogP contribution in [0.1, 0.15) is 22.1 Å². The first kappa shape index (κ1) is 14.7. The van der Waals surface area contributed by atoms with Gasteiger partial charge >= 0.3 is 0 Å². The van der Waals surface area contributed by atoms with E-state index in [4.69, 9.17) is 0 Å². The van der Waals surface area contributed by atoms with Crippen molar-refractivity contribution in [2.75, 3.05) is 10.7 Å². The first-order valence-electron chi connectivity index (χ1n) is 6.82. The van der Waals surface area contributed by atoms with Gasteiger partial charge in [-0.15, -0.1) is 11.8 Å². The Labute approximate surface area is 137 Å². The summed E-state index contributed by atoms with van der Waals surface area (Å²) in [5.74, 6) is 0.699. The maximum Gasteiger partial charge on any atom is 0.238 e. The number of benzene rings is 2. The van der Waals surface area contributed by atoms with E-state index in [2.05, 4.69) is 54.0 Å². The third-order valence-electron chi connectivity index (χ3n) is 3.52. The van der Waals surface area contributed by atoms with Crippen molar-refractivity contribution in [3.8, 4) is 0 Å². The minimum absolute atomic E-state index is 0.0364. The van der Waals surface area contributed by atoms with Crippen LogP contribution >= 0.6 is 27.7 Å². The lowest BCUT2D eigenvalue weighted by molar-refractivity contribution is -0.115. The zero-order chi connectivity index (χ0) is 15.0. The van der Waals surface area contributed by atoms with Gasteiger partial charge in [-0.3, -0.25) is 9.69 Å². The number of nitrogens with zero attached hydrogens (tertiary/aromatic N) is 1. The maximum atomic E-state index is 12.4. The molecule has 0 aromatic heterocycles. The highest BCUT2D eigenvalue weighted by atomic mass is 79.9. The van der Waals surface area contributed by atoms with Crippen LogP contribution in [0.15, 0.2) is 46.9 Å². The van der Waals surface area contributed by atoms with Crippen molar-refractivity contribution in [2.24, 2.45) is 0 Å².